The van der Waals surface area contributed by atoms with E-state index in [1.54, 1.807) is 30.6 Å². The van der Waals surface area contributed by atoms with E-state index in [2.05, 4.69) is 32.1 Å². The molecule has 0 saturated carbocycles. The van der Waals surface area contributed by atoms with Gasteiger partial charge in [-0.3, -0.25) is 9.59 Å². The summed E-state index contributed by atoms with van der Waals surface area (Å²) in [4.78, 5) is 38.7. The molecule has 4 rings (SSSR count). The molecule has 166 valence electrons. The summed E-state index contributed by atoms with van der Waals surface area (Å²) in [6.07, 6.45) is 6.75. The van der Waals surface area contributed by atoms with Crippen molar-refractivity contribution in [3.05, 3.63) is 69.9 Å². The summed E-state index contributed by atoms with van der Waals surface area (Å²) in [7, 11) is 0. The lowest BCUT2D eigenvalue weighted by atomic mass is 9.91. The molecule has 10 heteroatoms. The number of piperidine rings is 1. The molecule has 0 aliphatic carbocycles. The molecule has 32 heavy (non-hydrogen) atoms. The molecule has 0 radical (unpaired) electrons. The molecule has 1 aromatic carbocycles. The lowest BCUT2D eigenvalue weighted by Gasteiger charge is -2.37. The first-order valence-electron chi connectivity index (χ1n) is 10.1. The number of amides is 1. The number of nitrogens with zero attached hydrogens (tertiary/aromatic N) is 3. The van der Waals surface area contributed by atoms with Gasteiger partial charge in [-0.2, -0.15) is 0 Å². The van der Waals surface area contributed by atoms with Crippen molar-refractivity contribution in [1.29, 1.82) is 0 Å². The SMILES string of the molecule is CC1(N)CCN(c2cnc(Sc3cccc(NC(=O)c4ccc[nH]c4=O)c3Cl)cn2)CC1. The third-order valence-electron chi connectivity index (χ3n) is 5.33. The Balaban J connectivity index is 1.45. The number of H-pyrrole nitrogens is 1. The first-order chi connectivity index (χ1) is 15.3. The number of carbonyl (C=O) groups is 1. The van der Waals surface area contributed by atoms with E-state index in [4.69, 9.17) is 17.3 Å². The van der Waals surface area contributed by atoms with Crippen LogP contribution in [0.25, 0.3) is 0 Å². The molecule has 1 aliphatic rings. The molecule has 3 aromatic rings. The van der Waals surface area contributed by atoms with Crippen LogP contribution in [0, 0.1) is 0 Å². The number of benzene rings is 1. The van der Waals surface area contributed by atoms with Gasteiger partial charge in [0.1, 0.15) is 16.4 Å². The van der Waals surface area contributed by atoms with Crippen LogP contribution in [0.15, 0.2) is 63.6 Å². The topological polar surface area (TPSA) is 117 Å². The van der Waals surface area contributed by atoms with Crippen LogP contribution in [0.5, 0.6) is 0 Å². The van der Waals surface area contributed by atoms with E-state index in [-0.39, 0.29) is 11.1 Å². The minimum Gasteiger partial charge on any atom is -0.355 e. The zero-order valence-electron chi connectivity index (χ0n) is 17.5. The normalized spacial score (nSPS) is 15.4. The average molecular weight is 471 g/mol. The van der Waals surface area contributed by atoms with Crippen LogP contribution in [0.4, 0.5) is 11.5 Å². The highest BCUT2D eigenvalue weighted by molar-refractivity contribution is 7.99. The molecule has 8 nitrogen and oxygen atoms in total. The van der Waals surface area contributed by atoms with E-state index in [1.165, 1.54) is 24.0 Å². The van der Waals surface area contributed by atoms with Crippen molar-refractivity contribution in [2.45, 2.75) is 35.2 Å². The summed E-state index contributed by atoms with van der Waals surface area (Å²) >= 11 is 7.87. The molecule has 1 fully saturated rings. The zero-order valence-corrected chi connectivity index (χ0v) is 19.0. The minimum atomic E-state index is -0.532. The van der Waals surface area contributed by atoms with Crippen molar-refractivity contribution in [2.75, 3.05) is 23.3 Å². The van der Waals surface area contributed by atoms with Crippen molar-refractivity contribution >= 4 is 40.8 Å². The third kappa shape index (κ3) is 5.12. The highest BCUT2D eigenvalue weighted by Gasteiger charge is 2.26. The Morgan fingerprint density at radius 3 is 2.69 bits per heavy atom. The van der Waals surface area contributed by atoms with Gasteiger partial charge in [0.2, 0.25) is 0 Å². The lowest BCUT2D eigenvalue weighted by molar-refractivity contribution is 0.102. The van der Waals surface area contributed by atoms with Gasteiger partial charge in [-0.05, 0) is 44.0 Å². The molecule has 2 aromatic heterocycles. The fraction of sp³-hybridized carbons (Fsp3) is 0.273. The number of nitrogens with one attached hydrogen (secondary N) is 2. The Morgan fingerprint density at radius 2 is 2.00 bits per heavy atom. The van der Waals surface area contributed by atoms with Gasteiger partial charge in [0.25, 0.3) is 11.5 Å². The van der Waals surface area contributed by atoms with Crippen LogP contribution >= 0.6 is 23.4 Å². The van der Waals surface area contributed by atoms with Gasteiger partial charge in [0.15, 0.2) is 0 Å². The number of hydrogen-bond acceptors (Lipinski definition) is 7. The largest absolute Gasteiger partial charge is 0.355 e. The molecule has 0 atom stereocenters. The highest BCUT2D eigenvalue weighted by atomic mass is 35.5. The number of halogens is 1. The number of carbonyl (C=O) groups excluding carboxylic acids is 1. The Kier molecular flexibility index (Phi) is 6.50. The first-order valence-corrected chi connectivity index (χ1v) is 11.3. The summed E-state index contributed by atoms with van der Waals surface area (Å²) in [5, 5.41) is 3.74. The Morgan fingerprint density at radius 1 is 1.22 bits per heavy atom. The van der Waals surface area contributed by atoms with E-state index in [9.17, 15) is 9.59 Å². The molecule has 4 N–H and O–H groups in total. The number of hydrogen-bond donors (Lipinski definition) is 3. The van der Waals surface area contributed by atoms with Gasteiger partial charge < -0.3 is 20.9 Å². The summed E-state index contributed by atoms with van der Waals surface area (Å²) in [6, 6.07) is 8.33. The minimum absolute atomic E-state index is 0.00995. The van der Waals surface area contributed by atoms with Gasteiger partial charge in [-0.15, -0.1) is 0 Å². The van der Waals surface area contributed by atoms with Crippen LogP contribution in [0.1, 0.15) is 30.1 Å². The van der Waals surface area contributed by atoms with E-state index in [0.29, 0.717) is 20.6 Å². The van der Waals surface area contributed by atoms with Gasteiger partial charge in [0.05, 0.1) is 23.1 Å². The standard InChI is InChI=1S/C22H23ClN6O2S/c1-22(24)7-10-29(11-8-22)17-12-27-18(13-26-17)32-16-6-2-5-15(19(16)23)28-21(31)14-4-3-9-25-20(14)30/h2-6,9,12-13H,7-8,10-11,24H2,1H3,(H,25,30)(H,28,31). The number of aromatic nitrogens is 3. The second-order valence-electron chi connectivity index (χ2n) is 7.94. The van der Waals surface area contributed by atoms with E-state index in [1.807, 2.05) is 6.07 Å². The Bertz CT molecular complexity index is 1170. The van der Waals surface area contributed by atoms with Crippen LogP contribution in [-0.2, 0) is 0 Å². The molecule has 0 bridgehead atoms. The number of pyridine rings is 1. The monoisotopic (exact) mass is 470 g/mol. The predicted molar refractivity (Wildman–Crippen MR) is 127 cm³/mol. The molecule has 0 spiro atoms. The van der Waals surface area contributed by atoms with Crippen molar-refractivity contribution in [3.8, 4) is 0 Å². The first kappa shape index (κ1) is 22.3. The van der Waals surface area contributed by atoms with Crippen molar-refractivity contribution in [2.24, 2.45) is 5.73 Å². The quantitative estimate of drug-likeness (QED) is 0.522. The molecule has 1 aliphatic heterocycles. The van der Waals surface area contributed by atoms with Gasteiger partial charge in [-0.1, -0.05) is 29.4 Å². The fourth-order valence-corrected chi connectivity index (χ4v) is 4.43. The number of nitrogens with two attached hydrogens (primary N) is 1. The smallest absolute Gasteiger partial charge is 0.261 e. The molecular weight excluding hydrogens is 448 g/mol. The van der Waals surface area contributed by atoms with E-state index in [0.717, 1.165) is 31.7 Å². The van der Waals surface area contributed by atoms with Crippen molar-refractivity contribution in [3.63, 3.8) is 0 Å². The maximum absolute atomic E-state index is 12.5. The number of aromatic amines is 1. The summed E-state index contributed by atoms with van der Waals surface area (Å²) in [6.45, 7) is 3.78. The lowest BCUT2D eigenvalue weighted by Crippen LogP contribution is -2.48. The second-order valence-corrected chi connectivity index (χ2v) is 9.38. The molecule has 1 saturated heterocycles. The van der Waals surface area contributed by atoms with Crippen molar-refractivity contribution in [1.82, 2.24) is 15.0 Å². The Hall–Kier alpha value is -2.88. The number of rotatable bonds is 5. The molecule has 1 amide bonds. The Labute approximate surface area is 194 Å². The van der Waals surface area contributed by atoms with Gasteiger partial charge in [-0.25, -0.2) is 9.97 Å². The van der Waals surface area contributed by atoms with Crippen LogP contribution in [-0.4, -0.2) is 39.5 Å². The zero-order chi connectivity index (χ0) is 22.7. The maximum Gasteiger partial charge on any atom is 0.261 e. The van der Waals surface area contributed by atoms with Crippen molar-refractivity contribution < 1.29 is 4.79 Å². The van der Waals surface area contributed by atoms with Crippen LogP contribution < -0.4 is 21.5 Å². The average Bonchev–Trinajstić information content (AvgIpc) is 2.77. The van der Waals surface area contributed by atoms with Gasteiger partial charge in [0, 0.05) is 29.7 Å². The maximum atomic E-state index is 12.5. The molecule has 0 unspecified atom stereocenters. The second kappa shape index (κ2) is 9.32. The van der Waals surface area contributed by atoms with E-state index >= 15 is 0 Å². The summed E-state index contributed by atoms with van der Waals surface area (Å²) < 4.78 is 0. The number of anilines is 2. The van der Waals surface area contributed by atoms with E-state index < -0.39 is 11.5 Å². The van der Waals surface area contributed by atoms with Crippen LogP contribution in [0.2, 0.25) is 5.02 Å². The van der Waals surface area contributed by atoms with Crippen LogP contribution in [0.3, 0.4) is 0 Å². The summed E-state index contributed by atoms with van der Waals surface area (Å²) in [5.74, 6) is 0.292. The predicted octanol–water partition coefficient (Wildman–Crippen LogP) is 3.54. The molecular formula is C22H23ClN6O2S. The highest BCUT2D eigenvalue weighted by Crippen LogP contribution is 2.37. The summed E-state index contributed by atoms with van der Waals surface area (Å²) in [5.41, 5.74) is 6.04. The molecule has 3 heterocycles. The van der Waals surface area contributed by atoms with Gasteiger partial charge >= 0.3 is 0 Å². The third-order valence-corrected chi connectivity index (χ3v) is 6.83. The fourth-order valence-electron chi connectivity index (χ4n) is 3.36.